The lowest BCUT2D eigenvalue weighted by molar-refractivity contribution is 0.641. The number of nitrogens with two attached hydrogens (primary N) is 2. The molecule has 0 bridgehead atoms. The van der Waals surface area contributed by atoms with E-state index >= 15 is 0 Å². The zero-order valence-corrected chi connectivity index (χ0v) is 11.2. The molecule has 0 aliphatic heterocycles. The minimum Gasteiger partial charge on any atom is -0.380 e. The van der Waals surface area contributed by atoms with Crippen molar-refractivity contribution in [1.82, 2.24) is 15.3 Å². The molecular weight excluding hydrogens is 252 g/mol. The van der Waals surface area contributed by atoms with Crippen LogP contribution in [0, 0.1) is 0 Å². The standard InChI is InChI=1S/C14H18N6/c15-14(17-19-16)13-11-7-4-8-12(11)20(18-13)9-10-5-2-1-3-6-10/h1-3,5-6,19H,4,7-9,16H2,(H2,15,17). The highest BCUT2D eigenvalue weighted by Gasteiger charge is 2.24. The first-order valence-electron chi connectivity index (χ1n) is 6.71. The molecule has 0 saturated heterocycles. The van der Waals surface area contributed by atoms with Crippen LogP contribution in [0.15, 0.2) is 35.4 Å². The lowest BCUT2D eigenvalue weighted by atomic mass is 10.2. The van der Waals surface area contributed by atoms with Gasteiger partial charge < -0.3 is 5.73 Å². The van der Waals surface area contributed by atoms with Gasteiger partial charge in [-0.05, 0) is 24.8 Å². The average molecular weight is 270 g/mol. The van der Waals surface area contributed by atoms with E-state index in [1.807, 2.05) is 22.9 Å². The number of nitrogens with zero attached hydrogens (tertiary/aromatic N) is 3. The van der Waals surface area contributed by atoms with Gasteiger partial charge >= 0.3 is 0 Å². The molecule has 6 nitrogen and oxygen atoms in total. The number of fused-ring (bicyclic) bond motifs is 1. The largest absolute Gasteiger partial charge is 0.380 e. The molecule has 1 aliphatic rings. The smallest absolute Gasteiger partial charge is 0.172 e. The van der Waals surface area contributed by atoms with Crippen LogP contribution in [0.1, 0.15) is 28.9 Å². The molecular formula is C14H18N6. The Morgan fingerprint density at radius 3 is 2.85 bits per heavy atom. The van der Waals surface area contributed by atoms with Gasteiger partial charge in [0.25, 0.3) is 0 Å². The van der Waals surface area contributed by atoms with E-state index < -0.39 is 0 Å². The van der Waals surface area contributed by atoms with Gasteiger partial charge in [0, 0.05) is 11.3 Å². The maximum Gasteiger partial charge on any atom is 0.172 e. The summed E-state index contributed by atoms with van der Waals surface area (Å²) < 4.78 is 2.03. The molecule has 1 aromatic heterocycles. The van der Waals surface area contributed by atoms with E-state index in [9.17, 15) is 0 Å². The number of rotatable bonds is 4. The summed E-state index contributed by atoms with van der Waals surface area (Å²) in [7, 11) is 0. The molecule has 0 atom stereocenters. The molecule has 0 fully saturated rings. The third kappa shape index (κ3) is 2.25. The highest BCUT2D eigenvalue weighted by atomic mass is 15.5. The number of hydrazone groups is 1. The van der Waals surface area contributed by atoms with Crippen LogP contribution >= 0.6 is 0 Å². The number of benzene rings is 1. The van der Waals surface area contributed by atoms with Crippen LogP contribution in [0.4, 0.5) is 0 Å². The third-order valence-corrected chi connectivity index (χ3v) is 3.61. The number of amidine groups is 1. The molecule has 0 spiro atoms. The van der Waals surface area contributed by atoms with Gasteiger partial charge in [0.15, 0.2) is 5.84 Å². The lowest BCUT2D eigenvalue weighted by Gasteiger charge is -2.05. The Hall–Kier alpha value is -2.34. The summed E-state index contributed by atoms with van der Waals surface area (Å²) in [6.07, 6.45) is 3.18. The van der Waals surface area contributed by atoms with E-state index in [1.165, 1.54) is 16.8 Å². The Morgan fingerprint density at radius 1 is 1.30 bits per heavy atom. The molecule has 3 rings (SSSR count). The topological polar surface area (TPSA) is 94.2 Å². The Balaban J connectivity index is 1.97. The quantitative estimate of drug-likeness (QED) is 0.326. The van der Waals surface area contributed by atoms with E-state index in [2.05, 4.69) is 27.9 Å². The van der Waals surface area contributed by atoms with Crippen molar-refractivity contribution in [1.29, 1.82) is 0 Å². The van der Waals surface area contributed by atoms with Crippen molar-refractivity contribution in [2.24, 2.45) is 16.7 Å². The van der Waals surface area contributed by atoms with Crippen molar-refractivity contribution >= 4 is 5.84 Å². The molecule has 1 aliphatic carbocycles. The molecule has 0 saturated carbocycles. The molecule has 1 heterocycles. The van der Waals surface area contributed by atoms with Crippen LogP contribution in [0.5, 0.6) is 0 Å². The number of nitrogens with one attached hydrogen (secondary N) is 1. The first-order chi connectivity index (χ1) is 9.79. The Morgan fingerprint density at radius 2 is 2.10 bits per heavy atom. The van der Waals surface area contributed by atoms with E-state index in [0.29, 0.717) is 5.84 Å². The second-order valence-electron chi connectivity index (χ2n) is 4.90. The second-order valence-corrected chi connectivity index (χ2v) is 4.90. The van der Waals surface area contributed by atoms with Crippen LogP contribution in [0.3, 0.4) is 0 Å². The molecule has 1 aromatic carbocycles. The summed E-state index contributed by atoms with van der Waals surface area (Å²) in [4.78, 5) is 0. The lowest BCUT2D eigenvalue weighted by Crippen LogP contribution is -2.24. The fourth-order valence-electron chi connectivity index (χ4n) is 2.72. The fourth-order valence-corrected chi connectivity index (χ4v) is 2.72. The van der Waals surface area contributed by atoms with Gasteiger partial charge in [-0.3, -0.25) is 4.68 Å². The number of aromatic nitrogens is 2. The van der Waals surface area contributed by atoms with Gasteiger partial charge in [-0.15, -0.1) is 5.10 Å². The van der Waals surface area contributed by atoms with Gasteiger partial charge in [0.2, 0.25) is 0 Å². The predicted molar refractivity (Wildman–Crippen MR) is 77.8 cm³/mol. The Bertz CT molecular complexity index is 629. The fraction of sp³-hybridized carbons (Fsp3) is 0.286. The van der Waals surface area contributed by atoms with E-state index in [0.717, 1.165) is 31.5 Å². The van der Waals surface area contributed by atoms with Gasteiger partial charge in [-0.2, -0.15) is 5.10 Å². The summed E-state index contributed by atoms with van der Waals surface area (Å²) in [5.74, 6) is 5.54. The Labute approximate surface area is 117 Å². The molecule has 2 aromatic rings. The summed E-state index contributed by atoms with van der Waals surface area (Å²) in [5, 5.41) is 8.45. The van der Waals surface area contributed by atoms with Crippen molar-refractivity contribution in [3.63, 3.8) is 0 Å². The Kier molecular flexibility index (Phi) is 3.39. The average Bonchev–Trinajstić information content (AvgIpc) is 3.04. The van der Waals surface area contributed by atoms with Crippen molar-refractivity contribution in [2.75, 3.05) is 0 Å². The molecule has 104 valence electrons. The van der Waals surface area contributed by atoms with Crippen LogP contribution in [0.25, 0.3) is 0 Å². The van der Waals surface area contributed by atoms with Crippen LogP contribution in [0.2, 0.25) is 0 Å². The maximum atomic E-state index is 5.92. The maximum absolute atomic E-state index is 5.92. The second kappa shape index (κ2) is 5.34. The third-order valence-electron chi connectivity index (χ3n) is 3.61. The van der Waals surface area contributed by atoms with Crippen LogP contribution in [-0.2, 0) is 19.4 Å². The summed E-state index contributed by atoms with van der Waals surface area (Å²) in [6.45, 7) is 0.756. The van der Waals surface area contributed by atoms with E-state index in [-0.39, 0.29) is 0 Å². The van der Waals surface area contributed by atoms with Gasteiger partial charge in [0.1, 0.15) is 5.69 Å². The number of hydrogen-bond acceptors (Lipinski definition) is 4. The van der Waals surface area contributed by atoms with Crippen LogP contribution < -0.4 is 17.1 Å². The summed E-state index contributed by atoms with van der Waals surface area (Å²) >= 11 is 0. The molecule has 6 heteroatoms. The summed E-state index contributed by atoms with van der Waals surface area (Å²) in [6, 6.07) is 10.3. The predicted octanol–water partition coefficient (Wildman–Crippen LogP) is 0.504. The van der Waals surface area contributed by atoms with E-state index in [1.54, 1.807) is 0 Å². The molecule has 0 unspecified atom stereocenters. The number of hydrazine groups is 1. The minimum atomic E-state index is 0.345. The zero-order chi connectivity index (χ0) is 13.9. The van der Waals surface area contributed by atoms with E-state index in [4.69, 9.17) is 11.6 Å². The first-order valence-corrected chi connectivity index (χ1v) is 6.71. The molecule has 0 radical (unpaired) electrons. The van der Waals surface area contributed by atoms with Crippen LogP contribution in [-0.4, -0.2) is 15.6 Å². The van der Waals surface area contributed by atoms with Crippen molar-refractivity contribution in [2.45, 2.75) is 25.8 Å². The molecule has 20 heavy (non-hydrogen) atoms. The first kappa shape index (κ1) is 12.7. The van der Waals surface area contributed by atoms with Crippen molar-refractivity contribution < 1.29 is 0 Å². The van der Waals surface area contributed by atoms with Crippen molar-refractivity contribution in [3.8, 4) is 0 Å². The van der Waals surface area contributed by atoms with Crippen molar-refractivity contribution in [3.05, 3.63) is 52.8 Å². The number of hydrogen-bond donors (Lipinski definition) is 3. The molecule has 0 amide bonds. The highest BCUT2D eigenvalue weighted by molar-refractivity contribution is 5.97. The van der Waals surface area contributed by atoms with Gasteiger partial charge in [0.05, 0.1) is 6.54 Å². The SMILES string of the molecule is NN/N=C(\N)c1nn(Cc2ccccc2)c2c1CCC2. The zero-order valence-electron chi connectivity index (χ0n) is 11.2. The highest BCUT2D eigenvalue weighted by Crippen LogP contribution is 2.25. The van der Waals surface area contributed by atoms with Gasteiger partial charge in [-0.25, -0.2) is 11.4 Å². The minimum absolute atomic E-state index is 0.345. The van der Waals surface area contributed by atoms with Gasteiger partial charge in [-0.1, -0.05) is 30.3 Å². The monoisotopic (exact) mass is 270 g/mol. The molecule has 5 N–H and O–H groups in total. The normalized spacial score (nSPS) is 14.3. The summed E-state index contributed by atoms with van der Waals surface area (Å²) in [5.41, 5.74) is 12.6.